The highest BCUT2D eigenvalue weighted by Crippen LogP contribution is 2.20. The van der Waals surface area contributed by atoms with E-state index in [1.165, 1.54) is 18.5 Å². The van der Waals surface area contributed by atoms with Crippen molar-refractivity contribution in [2.24, 2.45) is 0 Å². The number of nitrogens with zero attached hydrogens (tertiary/aromatic N) is 7. The van der Waals surface area contributed by atoms with Crippen LogP contribution < -0.4 is 0 Å². The number of hydrogen-bond acceptors (Lipinski definition) is 6. The summed E-state index contributed by atoms with van der Waals surface area (Å²) in [5, 5.41) is 13.4. The normalized spacial score (nSPS) is 11.3. The van der Waals surface area contributed by atoms with Crippen molar-refractivity contribution >= 4 is 11.0 Å². The first-order chi connectivity index (χ1) is 13.7. The molecule has 138 valence electrons. The van der Waals surface area contributed by atoms with Crippen LogP contribution in [0.1, 0.15) is 11.5 Å². The van der Waals surface area contributed by atoms with Gasteiger partial charge in [-0.25, -0.2) is 19.0 Å². The third kappa shape index (κ3) is 3.13. The van der Waals surface area contributed by atoms with Gasteiger partial charge in [0.2, 0.25) is 0 Å². The smallest absolute Gasteiger partial charge is 0.158 e. The maximum Gasteiger partial charge on any atom is 0.158 e. The molecular weight excluding hydrogens is 361 g/mol. The number of halogens is 1. The summed E-state index contributed by atoms with van der Waals surface area (Å²) >= 11 is 0. The average Bonchev–Trinajstić information content (AvgIpc) is 3.44. The van der Waals surface area contributed by atoms with Crippen LogP contribution in [-0.4, -0.2) is 34.7 Å². The van der Waals surface area contributed by atoms with E-state index in [0.29, 0.717) is 24.5 Å². The van der Waals surface area contributed by atoms with Gasteiger partial charge in [-0.05, 0) is 30.3 Å². The maximum absolute atomic E-state index is 13.0. The second-order valence-corrected chi connectivity index (χ2v) is 6.34. The third-order valence-electron chi connectivity index (χ3n) is 4.36. The van der Waals surface area contributed by atoms with Gasteiger partial charge in [0.25, 0.3) is 0 Å². The third-order valence-corrected chi connectivity index (χ3v) is 4.36. The number of benzene rings is 1. The summed E-state index contributed by atoms with van der Waals surface area (Å²) in [4.78, 5) is 8.32. The molecule has 0 saturated carbocycles. The van der Waals surface area contributed by atoms with Crippen molar-refractivity contribution in [2.45, 2.75) is 13.1 Å². The fourth-order valence-electron chi connectivity index (χ4n) is 3.03. The van der Waals surface area contributed by atoms with Crippen molar-refractivity contribution in [1.29, 1.82) is 0 Å². The first kappa shape index (κ1) is 16.3. The summed E-state index contributed by atoms with van der Waals surface area (Å²) < 4.78 is 22.1. The van der Waals surface area contributed by atoms with Crippen LogP contribution in [0.3, 0.4) is 0 Å². The predicted molar refractivity (Wildman–Crippen MR) is 97.7 cm³/mol. The van der Waals surface area contributed by atoms with E-state index in [0.717, 1.165) is 22.3 Å². The van der Waals surface area contributed by atoms with Crippen LogP contribution >= 0.6 is 0 Å². The molecule has 5 rings (SSSR count). The molecule has 9 heteroatoms. The minimum Gasteiger partial charge on any atom is -0.359 e. The lowest BCUT2D eigenvalue weighted by atomic mass is 10.1. The molecule has 0 aliphatic heterocycles. The van der Waals surface area contributed by atoms with Crippen molar-refractivity contribution in [1.82, 2.24) is 34.7 Å². The lowest BCUT2D eigenvalue weighted by Crippen LogP contribution is -2.00. The Balaban J connectivity index is 1.31. The molecule has 28 heavy (non-hydrogen) atoms. The van der Waals surface area contributed by atoms with Gasteiger partial charge in [-0.2, -0.15) is 0 Å². The fourth-order valence-corrected chi connectivity index (χ4v) is 3.03. The van der Waals surface area contributed by atoms with Crippen molar-refractivity contribution < 1.29 is 8.91 Å². The van der Waals surface area contributed by atoms with Gasteiger partial charge < -0.3 is 9.09 Å². The van der Waals surface area contributed by atoms with Gasteiger partial charge in [0.1, 0.15) is 35.7 Å². The molecule has 0 fully saturated rings. The van der Waals surface area contributed by atoms with Crippen molar-refractivity contribution in [3.8, 4) is 11.3 Å². The zero-order chi connectivity index (χ0) is 18.9. The molecule has 0 bridgehead atoms. The zero-order valence-corrected chi connectivity index (χ0v) is 14.6. The van der Waals surface area contributed by atoms with Crippen LogP contribution in [-0.2, 0) is 13.1 Å². The molecule has 8 nitrogen and oxygen atoms in total. The van der Waals surface area contributed by atoms with Gasteiger partial charge in [0, 0.05) is 29.4 Å². The van der Waals surface area contributed by atoms with Crippen molar-refractivity contribution in [3.05, 3.63) is 78.6 Å². The molecule has 0 saturated heterocycles. The lowest BCUT2D eigenvalue weighted by Gasteiger charge is -2.00. The Hall–Kier alpha value is -3.88. The molecule has 0 radical (unpaired) electrons. The Kier molecular flexibility index (Phi) is 3.90. The summed E-state index contributed by atoms with van der Waals surface area (Å²) in [7, 11) is 0. The lowest BCUT2D eigenvalue weighted by molar-refractivity contribution is 0.372. The number of aromatic nitrogens is 7. The standard InChI is InChI=1S/C19H14FN7O/c20-15-3-1-13(2-4-15)18-7-17(28-24-18)11-27-10-16(23-25-27)9-26-6-5-14-8-21-12-22-19(14)26/h1-8,10,12H,9,11H2. The van der Waals surface area contributed by atoms with Crippen LogP contribution in [0.5, 0.6) is 0 Å². The van der Waals surface area contributed by atoms with E-state index < -0.39 is 0 Å². The first-order valence-electron chi connectivity index (χ1n) is 8.60. The summed E-state index contributed by atoms with van der Waals surface area (Å²) in [5.74, 6) is 0.347. The topological polar surface area (TPSA) is 87.5 Å². The highest BCUT2D eigenvalue weighted by atomic mass is 19.1. The number of hydrogen-bond donors (Lipinski definition) is 0. The summed E-state index contributed by atoms with van der Waals surface area (Å²) in [5.41, 5.74) is 3.09. The van der Waals surface area contributed by atoms with E-state index in [1.807, 2.05) is 29.1 Å². The highest BCUT2D eigenvalue weighted by molar-refractivity contribution is 5.74. The molecule has 0 amide bonds. The molecular formula is C19H14FN7O. The number of rotatable bonds is 5. The van der Waals surface area contributed by atoms with Crippen LogP contribution in [0.4, 0.5) is 4.39 Å². The molecule has 1 aromatic carbocycles. The highest BCUT2D eigenvalue weighted by Gasteiger charge is 2.10. The van der Waals surface area contributed by atoms with Crippen molar-refractivity contribution in [3.63, 3.8) is 0 Å². The molecule has 0 unspecified atom stereocenters. The Morgan fingerprint density at radius 2 is 1.96 bits per heavy atom. The Labute approximate surface area is 158 Å². The first-order valence-corrected chi connectivity index (χ1v) is 8.60. The molecule has 4 aromatic heterocycles. The largest absolute Gasteiger partial charge is 0.359 e. The van der Waals surface area contributed by atoms with Gasteiger partial charge in [0.05, 0.1) is 12.7 Å². The summed E-state index contributed by atoms with van der Waals surface area (Å²) in [6.07, 6.45) is 7.10. The van der Waals surface area contributed by atoms with E-state index >= 15 is 0 Å². The Bertz CT molecular complexity index is 1240. The second kappa shape index (κ2) is 6.69. The summed E-state index contributed by atoms with van der Waals surface area (Å²) in [6, 6.07) is 9.88. The Morgan fingerprint density at radius 1 is 1.07 bits per heavy atom. The molecule has 0 N–H and O–H groups in total. The van der Waals surface area contributed by atoms with Crippen LogP contribution in [0, 0.1) is 5.82 Å². The molecule has 4 heterocycles. The van der Waals surface area contributed by atoms with Crippen molar-refractivity contribution in [2.75, 3.05) is 0 Å². The summed E-state index contributed by atoms with van der Waals surface area (Å²) in [6.45, 7) is 0.952. The Morgan fingerprint density at radius 3 is 2.86 bits per heavy atom. The van der Waals surface area contributed by atoms with E-state index in [-0.39, 0.29) is 5.82 Å². The van der Waals surface area contributed by atoms with Gasteiger partial charge in [-0.1, -0.05) is 10.4 Å². The molecule has 0 aliphatic rings. The SMILES string of the molecule is Fc1ccc(-c2cc(Cn3cc(Cn4ccc5cncnc54)nn3)on2)cc1. The monoisotopic (exact) mass is 375 g/mol. The van der Waals surface area contributed by atoms with Crippen LogP contribution in [0.15, 0.2) is 65.8 Å². The second-order valence-electron chi connectivity index (χ2n) is 6.34. The molecule has 0 atom stereocenters. The maximum atomic E-state index is 13.0. The van der Waals surface area contributed by atoms with Crippen LogP contribution in [0.2, 0.25) is 0 Å². The van der Waals surface area contributed by atoms with E-state index in [4.69, 9.17) is 4.52 Å². The molecule has 5 aromatic rings. The quantitative estimate of drug-likeness (QED) is 0.469. The van der Waals surface area contributed by atoms with Gasteiger partial charge >= 0.3 is 0 Å². The van der Waals surface area contributed by atoms with E-state index in [1.54, 1.807) is 23.0 Å². The minimum absolute atomic E-state index is 0.287. The van der Waals surface area contributed by atoms with E-state index in [2.05, 4.69) is 25.4 Å². The van der Waals surface area contributed by atoms with Gasteiger partial charge in [-0.3, -0.25) is 0 Å². The minimum atomic E-state index is -0.287. The fraction of sp³-hybridized carbons (Fsp3) is 0.105. The van der Waals surface area contributed by atoms with E-state index in [9.17, 15) is 4.39 Å². The number of fused-ring (bicyclic) bond motifs is 1. The average molecular weight is 375 g/mol. The predicted octanol–water partition coefficient (Wildman–Crippen LogP) is 2.91. The van der Waals surface area contributed by atoms with Gasteiger partial charge in [-0.15, -0.1) is 5.10 Å². The zero-order valence-electron chi connectivity index (χ0n) is 14.6. The van der Waals surface area contributed by atoms with Gasteiger partial charge in [0.15, 0.2) is 5.76 Å². The molecule has 0 spiro atoms. The van der Waals surface area contributed by atoms with Crippen LogP contribution in [0.25, 0.3) is 22.3 Å². The molecule has 0 aliphatic carbocycles.